The van der Waals surface area contributed by atoms with Crippen molar-refractivity contribution in [2.24, 2.45) is 0 Å². The van der Waals surface area contributed by atoms with Crippen molar-refractivity contribution in [1.29, 1.82) is 0 Å². The Bertz CT molecular complexity index is 821. The molecule has 1 atom stereocenters. The summed E-state index contributed by atoms with van der Waals surface area (Å²) in [5, 5.41) is 2.11. The third-order valence-corrected chi connectivity index (χ3v) is 5.41. The second-order valence-corrected chi connectivity index (χ2v) is 7.18. The Labute approximate surface area is 140 Å². The molecule has 0 aliphatic carbocycles. The van der Waals surface area contributed by atoms with Crippen molar-refractivity contribution < 1.29 is 0 Å². The molecule has 4 heterocycles. The molecule has 1 aliphatic rings. The summed E-state index contributed by atoms with van der Waals surface area (Å²) < 4.78 is 2.23. The van der Waals surface area contributed by atoms with Gasteiger partial charge in [-0.2, -0.15) is 0 Å². The summed E-state index contributed by atoms with van der Waals surface area (Å²) in [5.74, 6) is 1.38. The standard InChI is InChI=1S/C17H21N5S/c1-12-16(22-8-9-23-17(22)19-12)11-21-7-3-4-14(10-21)15-5-6-18-13(2)20-15/h5-6,8-9,14H,3-4,7,10-11H2,1-2H3. The minimum absolute atomic E-state index is 0.511. The Morgan fingerprint density at radius 1 is 1.30 bits per heavy atom. The first kappa shape index (κ1) is 14.8. The fourth-order valence-electron chi connectivity index (χ4n) is 3.49. The molecule has 120 valence electrons. The van der Waals surface area contributed by atoms with Gasteiger partial charge in [0, 0.05) is 42.5 Å². The summed E-state index contributed by atoms with van der Waals surface area (Å²) in [5.41, 5.74) is 3.66. The lowest BCUT2D eigenvalue weighted by Crippen LogP contribution is -2.34. The van der Waals surface area contributed by atoms with Crippen LogP contribution < -0.4 is 0 Å². The minimum Gasteiger partial charge on any atom is -0.297 e. The smallest absolute Gasteiger partial charge is 0.194 e. The van der Waals surface area contributed by atoms with Crippen molar-refractivity contribution in [3.8, 4) is 0 Å². The van der Waals surface area contributed by atoms with Crippen LogP contribution in [0.1, 0.15) is 41.7 Å². The largest absolute Gasteiger partial charge is 0.297 e. The molecule has 1 fully saturated rings. The zero-order chi connectivity index (χ0) is 15.8. The normalized spacial score (nSPS) is 19.5. The molecule has 0 bridgehead atoms. The van der Waals surface area contributed by atoms with Crippen molar-refractivity contribution in [2.75, 3.05) is 13.1 Å². The van der Waals surface area contributed by atoms with E-state index in [0.29, 0.717) is 5.92 Å². The summed E-state index contributed by atoms with van der Waals surface area (Å²) in [6, 6.07) is 2.07. The molecule has 0 amide bonds. The van der Waals surface area contributed by atoms with Crippen LogP contribution in [0.3, 0.4) is 0 Å². The third kappa shape index (κ3) is 2.88. The van der Waals surface area contributed by atoms with Gasteiger partial charge in [-0.3, -0.25) is 9.30 Å². The van der Waals surface area contributed by atoms with Gasteiger partial charge in [0.25, 0.3) is 0 Å². The van der Waals surface area contributed by atoms with Gasteiger partial charge in [-0.1, -0.05) is 0 Å². The molecule has 0 N–H and O–H groups in total. The highest BCUT2D eigenvalue weighted by molar-refractivity contribution is 7.15. The maximum Gasteiger partial charge on any atom is 0.194 e. The zero-order valence-electron chi connectivity index (χ0n) is 13.6. The van der Waals surface area contributed by atoms with E-state index >= 15 is 0 Å². The zero-order valence-corrected chi connectivity index (χ0v) is 14.4. The van der Waals surface area contributed by atoms with E-state index in [4.69, 9.17) is 0 Å². The molecular formula is C17H21N5S. The maximum absolute atomic E-state index is 4.66. The highest BCUT2D eigenvalue weighted by Crippen LogP contribution is 2.27. The van der Waals surface area contributed by atoms with Crippen molar-refractivity contribution in [1.82, 2.24) is 24.3 Å². The molecule has 0 spiro atoms. The molecule has 3 aromatic rings. The molecule has 3 aromatic heterocycles. The van der Waals surface area contributed by atoms with Gasteiger partial charge in [0.2, 0.25) is 0 Å². The summed E-state index contributed by atoms with van der Waals surface area (Å²) in [4.78, 5) is 17.2. The van der Waals surface area contributed by atoms with Gasteiger partial charge in [-0.15, -0.1) is 11.3 Å². The van der Waals surface area contributed by atoms with Crippen LogP contribution in [0, 0.1) is 13.8 Å². The Balaban J connectivity index is 1.53. The van der Waals surface area contributed by atoms with Crippen molar-refractivity contribution >= 4 is 16.3 Å². The SMILES string of the molecule is Cc1nccc(C2CCCN(Cc3c(C)nc4sccn34)C2)n1. The first-order valence-electron chi connectivity index (χ1n) is 8.13. The maximum atomic E-state index is 4.66. The molecule has 5 nitrogen and oxygen atoms in total. The predicted octanol–water partition coefficient (Wildman–Crippen LogP) is 3.18. The molecule has 1 unspecified atom stereocenters. The number of aromatic nitrogens is 4. The molecule has 6 heteroatoms. The van der Waals surface area contributed by atoms with E-state index in [0.717, 1.165) is 36.1 Å². The monoisotopic (exact) mass is 327 g/mol. The summed E-state index contributed by atoms with van der Waals surface area (Å²) in [6.45, 7) is 7.26. The highest BCUT2D eigenvalue weighted by Gasteiger charge is 2.24. The lowest BCUT2D eigenvalue weighted by Gasteiger charge is -2.32. The van der Waals surface area contributed by atoms with Gasteiger partial charge in [-0.05, 0) is 39.3 Å². The topological polar surface area (TPSA) is 46.3 Å². The van der Waals surface area contributed by atoms with Crippen molar-refractivity contribution in [3.05, 3.63) is 46.7 Å². The van der Waals surface area contributed by atoms with Crippen LogP contribution in [0.5, 0.6) is 0 Å². The van der Waals surface area contributed by atoms with Crippen LogP contribution in [0.4, 0.5) is 0 Å². The van der Waals surface area contributed by atoms with E-state index < -0.39 is 0 Å². The summed E-state index contributed by atoms with van der Waals surface area (Å²) in [7, 11) is 0. The van der Waals surface area contributed by atoms with Crippen molar-refractivity contribution in [3.63, 3.8) is 0 Å². The Kier molecular flexibility index (Phi) is 3.87. The molecular weight excluding hydrogens is 306 g/mol. The highest BCUT2D eigenvalue weighted by atomic mass is 32.1. The third-order valence-electron chi connectivity index (χ3n) is 4.66. The second-order valence-electron chi connectivity index (χ2n) is 6.30. The molecule has 1 saturated heterocycles. The molecule has 0 radical (unpaired) electrons. The van der Waals surface area contributed by atoms with Crippen LogP contribution in [0.15, 0.2) is 23.8 Å². The quantitative estimate of drug-likeness (QED) is 0.741. The molecule has 4 rings (SSSR count). The van der Waals surface area contributed by atoms with Gasteiger partial charge in [-0.25, -0.2) is 15.0 Å². The molecule has 1 aliphatic heterocycles. The number of nitrogens with zero attached hydrogens (tertiary/aromatic N) is 5. The number of rotatable bonds is 3. The number of hydrogen-bond donors (Lipinski definition) is 0. The number of hydrogen-bond acceptors (Lipinski definition) is 5. The van der Waals surface area contributed by atoms with E-state index in [1.807, 2.05) is 13.1 Å². The van der Waals surface area contributed by atoms with E-state index in [9.17, 15) is 0 Å². The van der Waals surface area contributed by atoms with Crippen LogP contribution >= 0.6 is 11.3 Å². The lowest BCUT2D eigenvalue weighted by molar-refractivity contribution is 0.195. The fourth-order valence-corrected chi connectivity index (χ4v) is 4.26. The molecule has 0 aromatic carbocycles. The summed E-state index contributed by atoms with van der Waals surface area (Å²) in [6.07, 6.45) is 6.45. The van der Waals surface area contributed by atoms with E-state index in [1.165, 1.54) is 24.2 Å². The Morgan fingerprint density at radius 3 is 3.09 bits per heavy atom. The van der Waals surface area contributed by atoms with Crippen LogP contribution in [-0.4, -0.2) is 37.3 Å². The number of imidazole rings is 1. The first-order chi connectivity index (χ1) is 11.2. The Morgan fingerprint density at radius 2 is 2.22 bits per heavy atom. The number of piperidine rings is 1. The van der Waals surface area contributed by atoms with Crippen LogP contribution in [-0.2, 0) is 6.54 Å². The van der Waals surface area contributed by atoms with Gasteiger partial charge in [0.05, 0.1) is 11.4 Å². The first-order valence-corrected chi connectivity index (χ1v) is 9.01. The number of aryl methyl sites for hydroxylation is 2. The average Bonchev–Trinajstić information content (AvgIpc) is 3.11. The second kappa shape index (κ2) is 6.02. The number of fused-ring (bicyclic) bond motifs is 1. The van der Waals surface area contributed by atoms with E-state index in [2.05, 4.69) is 48.8 Å². The van der Waals surface area contributed by atoms with E-state index in [-0.39, 0.29) is 0 Å². The predicted molar refractivity (Wildman–Crippen MR) is 91.8 cm³/mol. The van der Waals surface area contributed by atoms with Crippen LogP contribution in [0.2, 0.25) is 0 Å². The van der Waals surface area contributed by atoms with E-state index in [1.54, 1.807) is 11.3 Å². The average molecular weight is 327 g/mol. The molecule has 23 heavy (non-hydrogen) atoms. The fraction of sp³-hybridized carbons (Fsp3) is 0.471. The minimum atomic E-state index is 0.511. The number of likely N-dealkylation sites (tertiary alicyclic amines) is 1. The van der Waals surface area contributed by atoms with Crippen molar-refractivity contribution in [2.45, 2.75) is 39.2 Å². The molecule has 0 saturated carbocycles. The summed E-state index contributed by atoms with van der Waals surface area (Å²) >= 11 is 1.70. The van der Waals surface area contributed by atoms with Gasteiger partial charge in [0.15, 0.2) is 4.96 Å². The van der Waals surface area contributed by atoms with Crippen LogP contribution in [0.25, 0.3) is 4.96 Å². The van der Waals surface area contributed by atoms with Gasteiger partial charge >= 0.3 is 0 Å². The Hall–Kier alpha value is -1.79. The number of thiazole rings is 1. The lowest BCUT2D eigenvalue weighted by atomic mass is 9.94. The van der Waals surface area contributed by atoms with Gasteiger partial charge < -0.3 is 0 Å². The van der Waals surface area contributed by atoms with Gasteiger partial charge in [0.1, 0.15) is 5.82 Å².